The Morgan fingerprint density at radius 2 is 1.83 bits per heavy atom. The summed E-state index contributed by atoms with van der Waals surface area (Å²) < 4.78 is 5.94. The molecule has 0 radical (unpaired) electrons. The van der Waals surface area contributed by atoms with E-state index in [1.54, 1.807) is 0 Å². The topological polar surface area (TPSA) is 12.5 Å². The van der Waals surface area contributed by atoms with Crippen LogP contribution in [-0.2, 0) is 0 Å². The first-order valence-electron chi connectivity index (χ1n) is 7.23. The number of rotatable bonds is 5. The normalized spacial score (nSPS) is 22.7. The molecule has 1 aliphatic heterocycles. The lowest BCUT2D eigenvalue weighted by Gasteiger charge is -2.39. The summed E-state index contributed by atoms with van der Waals surface area (Å²) >= 11 is 0. The molecule has 2 nitrogen and oxygen atoms in total. The van der Waals surface area contributed by atoms with Crippen LogP contribution >= 0.6 is 0 Å². The molecule has 1 aliphatic rings. The molecule has 2 rings (SSSR count). The van der Waals surface area contributed by atoms with Crippen LogP contribution < -0.4 is 4.74 Å². The molecule has 0 amide bonds. The highest BCUT2D eigenvalue weighted by Crippen LogP contribution is 2.35. The molecule has 1 aromatic rings. The number of nitrogens with zero attached hydrogens (tertiary/aromatic N) is 1. The van der Waals surface area contributed by atoms with Crippen molar-refractivity contribution in [3.8, 4) is 5.75 Å². The predicted octanol–water partition coefficient (Wildman–Crippen LogP) is 3.67. The third-order valence-electron chi connectivity index (χ3n) is 3.89. The van der Waals surface area contributed by atoms with Gasteiger partial charge in [0, 0.05) is 5.92 Å². The number of ether oxygens (including phenoxy) is 1. The summed E-state index contributed by atoms with van der Waals surface area (Å²) in [7, 11) is 0. The summed E-state index contributed by atoms with van der Waals surface area (Å²) in [6.07, 6.45) is 2.43. The molecule has 18 heavy (non-hydrogen) atoms. The molecular formula is C16H25NO. The number of hydrogen-bond donors (Lipinski definition) is 0. The first-order valence-corrected chi connectivity index (χ1v) is 7.23. The Balaban J connectivity index is 2.16. The molecule has 0 bridgehead atoms. The van der Waals surface area contributed by atoms with Crippen molar-refractivity contribution in [2.45, 2.75) is 45.6 Å². The second kappa shape index (κ2) is 6.24. The van der Waals surface area contributed by atoms with Gasteiger partial charge in [-0.1, -0.05) is 39.0 Å². The molecule has 2 heteroatoms. The van der Waals surface area contributed by atoms with Gasteiger partial charge in [0.15, 0.2) is 0 Å². The van der Waals surface area contributed by atoms with Crippen molar-refractivity contribution in [1.82, 2.24) is 4.90 Å². The van der Waals surface area contributed by atoms with E-state index in [2.05, 4.69) is 49.9 Å². The summed E-state index contributed by atoms with van der Waals surface area (Å²) in [6.45, 7) is 10.0. The SMILES string of the molecule is CCCN(CCC)[C@H]1COc2ccccc2[C@@H]1C. The number of benzene rings is 1. The smallest absolute Gasteiger partial charge is 0.122 e. The van der Waals surface area contributed by atoms with E-state index in [4.69, 9.17) is 4.74 Å². The van der Waals surface area contributed by atoms with Crippen LogP contribution in [0, 0.1) is 0 Å². The van der Waals surface area contributed by atoms with E-state index in [9.17, 15) is 0 Å². The minimum absolute atomic E-state index is 0.528. The van der Waals surface area contributed by atoms with Gasteiger partial charge < -0.3 is 4.74 Å². The van der Waals surface area contributed by atoms with Crippen molar-refractivity contribution >= 4 is 0 Å². The highest BCUT2D eigenvalue weighted by Gasteiger charge is 2.30. The fourth-order valence-electron chi connectivity index (χ4n) is 2.95. The van der Waals surface area contributed by atoms with Crippen LogP contribution in [0.4, 0.5) is 0 Å². The quantitative estimate of drug-likeness (QED) is 0.787. The number of hydrogen-bond acceptors (Lipinski definition) is 2. The van der Waals surface area contributed by atoms with Gasteiger partial charge in [0.05, 0.1) is 6.04 Å². The zero-order chi connectivity index (χ0) is 13.0. The van der Waals surface area contributed by atoms with Crippen molar-refractivity contribution in [2.24, 2.45) is 0 Å². The van der Waals surface area contributed by atoms with Crippen molar-refractivity contribution in [3.05, 3.63) is 29.8 Å². The molecule has 0 unspecified atom stereocenters. The number of fused-ring (bicyclic) bond motifs is 1. The van der Waals surface area contributed by atoms with E-state index in [-0.39, 0.29) is 0 Å². The Morgan fingerprint density at radius 3 is 2.50 bits per heavy atom. The first-order chi connectivity index (χ1) is 8.77. The van der Waals surface area contributed by atoms with Gasteiger partial charge in [0.2, 0.25) is 0 Å². The van der Waals surface area contributed by atoms with Gasteiger partial charge in [-0.25, -0.2) is 0 Å². The van der Waals surface area contributed by atoms with Gasteiger partial charge in [-0.3, -0.25) is 4.90 Å². The van der Waals surface area contributed by atoms with Gasteiger partial charge in [0.25, 0.3) is 0 Å². The van der Waals surface area contributed by atoms with Crippen molar-refractivity contribution in [3.63, 3.8) is 0 Å². The highest BCUT2D eigenvalue weighted by molar-refractivity contribution is 5.38. The fraction of sp³-hybridized carbons (Fsp3) is 0.625. The molecule has 2 atom stereocenters. The lowest BCUT2D eigenvalue weighted by atomic mass is 9.89. The van der Waals surface area contributed by atoms with Crippen molar-refractivity contribution < 1.29 is 4.74 Å². The summed E-state index contributed by atoms with van der Waals surface area (Å²) in [5.41, 5.74) is 1.37. The van der Waals surface area contributed by atoms with Crippen LogP contribution in [0.15, 0.2) is 24.3 Å². The molecule has 0 saturated heterocycles. The molecular weight excluding hydrogens is 222 g/mol. The van der Waals surface area contributed by atoms with Crippen LogP contribution in [0.2, 0.25) is 0 Å². The minimum atomic E-state index is 0.528. The van der Waals surface area contributed by atoms with Crippen LogP contribution in [0.1, 0.15) is 45.1 Å². The molecule has 0 aliphatic carbocycles. The zero-order valence-corrected chi connectivity index (χ0v) is 11.9. The average molecular weight is 247 g/mol. The zero-order valence-electron chi connectivity index (χ0n) is 11.9. The molecule has 1 heterocycles. The van der Waals surface area contributed by atoms with Crippen LogP contribution in [0.25, 0.3) is 0 Å². The molecule has 0 saturated carbocycles. The van der Waals surface area contributed by atoms with Crippen LogP contribution in [0.5, 0.6) is 5.75 Å². The van der Waals surface area contributed by atoms with Gasteiger partial charge in [-0.05, 0) is 37.6 Å². The highest BCUT2D eigenvalue weighted by atomic mass is 16.5. The van der Waals surface area contributed by atoms with Gasteiger partial charge >= 0.3 is 0 Å². The fourth-order valence-corrected chi connectivity index (χ4v) is 2.95. The van der Waals surface area contributed by atoms with E-state index >= 15 is 0 Å². The Kier molecular flexibility index (Phi) is 4.65. The number of para-hydroxylation sites is 1. The van der Waals surface area contributed by atoms with Gasteiger partial charge in [-0.2, -0.15) is 0 Å². The Labute approximate surface area is 111 Å². The first kappa shape index (κ1) is 13.4. The summed E-state index contributed by atoms with van der Waals surface area (Å²) in [6, 6.07) is 9.00. The summed E-state index contributed by atoms with van der Waals surface area (Å²) in [5, 5.41) is 0. The lowest BCUT2D eigenvalue weighted by molar-refractivity contribution is 0.101. The maximum absolute atomic E-state index is 5.94. The predicted molar refractivity (Wildman–Crippen MR) is 76.3 cm³/mol. The van der Waals surface area contributed by atoms with Crippen molar-refractivity contribution in [1.29, 1.82) is 0 Å². The largest absolute Gasteiger partial charge is 0.492 e. The summed E-state index contributed by atoms with van der Waals surface area (Å²) in [5.74, 6) is 1.64. The van der Waals surface area contributed by atoms with Gasteiger partial charge in [0.1, 0.15) is 12.4 Å². The molecule has 1 aromatic carbocycles. The van der Waals surface area contributed by atoms with Crippen LogP contribution in [0.3, 0.4) is 0 Å². The van der Waals surface area contributed by atoms with E-state index in [0.29, 0.717) is 12.0 Å². The maximum Gasteiger partial charge on any atom is 0.122 e. The molecule has 0 fully saturated rings. The van der Waals surface area contributed by atoms with Gasteiger partial charge in [-0.15, -0.1) is 0 Å². The molecule has 0 spiro atoms. The second-order valence-electron chi connectivity index (χ2n) is 5.24. The van der Waals surface area contributed by atoms with Crippen LogP contribution in [-0.4, -0.2) is 30.6 Å². The third kappa shape index (κ3) is 2.69. The Morgan fingerprint density at radius 1 is 1.17 bits per heavy atom. The molecule has 0 N–H and O–H groups in total. The minimum Gasteiger partial charge on any atom is -0.492 e. The van der Waals surface area contributed by atoms with E-state index in [1.165, 1.54) is 31.5 Å². The standard InChI is InChI=1S/C16H25NO/c1-4-10-17(11-5-2)15-12-18-16-9-7-6-8-14(16)13(15)3/h6-9,13,15H,4-5,10-12H2,1-3H3/t13-,15-/m0/s1. The lowest BCUT2D eigenvalue weighted by Crippen LogP contribution is -2.45. The van der Waals surface area contributed by atoms with E-state index < -0.39 is 0 Å². The third-order valence-corrected chi connectivity index (χ3v) is 3.89. The monoisotopic (exact) mass is 247 g/mol. The average Bonchev–Trinajstić information content (AvgIpc) is 2.39. The second-order valence-corrected chi connectivity index (χ2v) is 5.24. The molecule has 0 aromatic heterocycles. The van der Waals surface area contributed by atoms with E-state index in [1.807, 2.05) is 0 Å². The maximum atomic E-state index is 5.94. The summed E-state index contributed by atoms with van der Waals surface area (Å²) in [4.78, 5) is 2.60. The Hall–Kier alpha value is -1.02. The Bertz CT molecular complexity index is 371. The van der Waals surface area contributed by atoms with Crippen molar-refractivity contribution in [2.75, 3.05) is 19.7 Å². The van der Waals surface area contributed by atoms with E-state index in [0.717, 1.165) is 12.4 Å². The molecule has 100 valence electrons.